The Morgan fingerprint density at radius 2 is 1.85 bits per heavy atom. The summed E-state index contributed by atoms with van der Waals surface area (Å²) >= 11 is 0. The van der Waals surface area contributed by atoms with Crippen molar-refractivity contribution >= 4 is 10.8 Å². The van der Waals surface area contributed by atoms with Crippen molar-refractivity contribution in [2.45, 2.75) is 6.04 Å². The maximum atomic E-state index is 5.99. The van der Waals surface area contributed by atoms with E-state index >= 15 is 0 Å². The zero-order valence-corrected chi connectivity index (χ0v) is 11.6. The third-order valence-electron chi connectivity index (χ3n) is 3.78. The third kappa shape index (κ3) is 2.83. The molecular formula is C16H21N3O. The summed E-state index contributed by atoms with van der Waals surface area (Å²) in [5, 5.41) is 4.74. The average molecular weight is 271 g/mol. The molecule has 2 aromatic carbocycles. The Bertz CT molecular complexity index is 561. The Labute approximate surface area is 119 Å². The van der Waals surface area contributed by atoms with E-state index in [1.54, 1.807) is 0 Å². The molecule has 0 radical (unpaired) electrons. The van der Waals surface area contributed by atoms with Gasteiger partial charge in [0.2, 0.25) is 0 Å². The first-order chi connectivity index (χ1) is 9.88. The minimum atomic E-state index is 0.138. The van der Waals surface area contributed by atoms with Crippen molar-refractivity contribution in [3.63, 3.8) is 0 Å². The number of rotatable bonds is 4. The molecule has 1 unspecified atom stereocenters. The third-order valence-corrected chi connectivity index (χ3v) is 3.78. The van der Waals surface area contributed by atoms with Crippen LogP contribution in [0.2, 0.25) is 0 Å². The minimum Gasteiger partial charge on any atom is -0.379 e. The molecule has 0 aliphatic carbocycles. The molecule has 4 nitrogen and oxygen atoms in total. The summed E-state index contributed by atoms with van der Waals surface area (Å²) in [6, 6.07) is 15.0. The van der Waals surface area contributed by atoms with Crippen LogP contribution in [0, 0.1) is 0 Å². The molecule has 20 heavy (non-hydrogen) atoms. The Morgan fingerprint density at radius 1 is 1.10 bits per heavy atom. The Kier molecular flexibility index (Phi) is 4.28. The van der Waals surface area contributed by atoms with Gasteiger partial charge in [0.25, 0.3) is 0 Å². The molecule has 1 fully saturated rings. The molecule has 106 valence electrons. The Morgan fingerprint density at radius 3 is 2.65 bits per heavy atom. The van der Waals surface area contributed by atoms with Gasteiger partial charge in [0.15, 0.2) is 0 Å². The van der Waals surface area contributed by atoms with Crippen LogP contribution < -0.4 is 11.2 Å². The standard InChI is InChI=1S/C16H21N3O/c17-12-16(18-19-8-10-20-11-9-19)15-7-3-5-13-4-1-2-6-14(13)15/h1-7,16,18H,8-12,17H2. The quantitative estimate of drug-likeness (QED) is 0.888. The van der Waals surface area contributed by atoms with Crippen LogP contribution in [-0.2, 0) is 4.74 Å². The van der Waals surface area contributed by atoms with E-state index in [4.69, 9.17) is 10.5 Å². The number of morpholine rings is 1. The van der Waals surface area contributed by atoms with Gasteiger partial charge in [-0.1, -0.05) is 42.5 Å². The summed E-state index contributed by atoms with van der Waals surface area (Å²) in [4.78, 5) is 0. The zero-order valence-electron chi connectivity index (χ0n) is 11.6. The van der Waals surface area contributed by atoms with Crippen LogP contribution in [0.3, 0.4) is 0 Å². The molecule has 2 aromatic rings. The van der Waals surface area contributed by atoms with Crippen LogP contribution in [0.1, 0.15) is 11.6 Å². The number of ether oxygens (including phenoxy) is 1. The van der Waals surface area contributed by atoms with Crippen LogP contribution in [0.15, 0.2) is 42.5 Å². The second-order valence-corrected chi connectivity index (χ2v) is 5.09. The number of hydrogen-bond acceptors (Lipinski definition) is 4. The lowest BCUT2D eigenvalue weighted by atomic mass is 9.99. The fourth-order valence-corrected chi connectivity index (χ4v) is 2.72. The SMILES string of the molecule is NCC(NN1CCOCC1)c1cccc2ccccc12. The van der Waals surface area contributed by atoms with Crippen molar-refractivity contribution in [1.29, 1.82) is 0 Å². The highest BCUT2D eigenvalue weighted by molar-refractivity contribution is 5.86. The first kappa shape index (κ1) is 13.5. The molecule has 0 saturated carbocycles. The van der Waals surface area contributed by atoms with Crippen LogP contribution in [-0.4, -0.2) is 37.9 Å². The lowest BCUT2D eigenvalue weighted by Crippen LogP contribution is -2.48. The summed E-state index contributed by atoms with van der Waals surface area (Å²) in [6.45, 7) is 3.94. The van der Waals surface area contributed by atoms with Gasteiger partial charge in [0.05, 0.1) is 19.3 Å². The van der Waals surface area contributed by atoms with E-state index in [2.05, 4.69) is 52.9 Å². The fourth-order valence-electron chi connectivity index (χ4n) is 2.72. The Balaban J connectivity index is 1.86. The summed E-state index contributed by atoms with van der Waals surface area (Å²) in [5.74, 6) is 0. The highest BCUT2D eigenvalue weighted by Gasteiger charge is 2.17. The molecule has 1 atom stereocenters. The molecule has 1 heterocycles. The van der Waals surface area contributed by atoms with Gasteiger partial charge < -0.3 is 10.5 Å². The summed E-state index contributed by atoms with van der Waals surface area (Å²) in [6.07, 6.45) is 0. The van der Waals surface area contributed by atoms with Crippen LogP contribution in [0.5, 0.6) is 0 Å². The van der Waals surface area contributed by atoms with E-state index in [1.165, 1.54) is 16.3 Å². The first-order valence-corrected chi connectivity index (χ1v) is 7.15. The molecule has 1 aliphatic heterocycles. The molecule has 0 amide bonds. The van der Waals surface area contributed by atoms with Crippen molar-refractivity contribution in [2.75, 3.05) is 32.8 Å². The lowest BCUT2D eigenvalue weighted by molar-refractivity contribution is 0.00416. The summed E-state index contributed by atoms with van der Waals surface area (Å²) < 4.78 is 5.38. The fraction of sp³-hybridized carbons (Fsp3) is 0.375. The van der Waals surface area contributed by atoms with E-state index in [1.807, 2.05) is 0 Å². The van der Waals surface area contributed by atoms with E-state index in [0.717, 1.165) is 26.3 Å². The number of benzene rings is 2. The van der Waals surface area contributed by atoms with E-state index in [-0.39, 0.29) is 6.04 Å². The van der Waals surface area contributed by atoms with Gasteiger partial charge in [0.1, 0.15) is 0 Å². The molecular weight excluding hydrogens is 250 g/mol. The number of nitrogens with two attached hydrogens (primary N) is 1. The smallest absolute Gasteiger partial charge is 0.0608 e. The molecule has 0 spiro atoms. The molecule has 4 heteroatoms. The monoisotopic (exact) mass is 271 g/mol. The van der Waals surface area contributed by atoms with Gasteiger partial charge in [-0.3, -0.25) is 0 Å². The van der Waals surface area contributed by atoms with E-state index in [9.17, 15) is 0 Å². The summed E-state index contributed by atoms with van der Waals surface area (Å²) in [5.41, 5.74) is 10.8. The van der Waals surface area contributed by atoms with Gasteiger partial charge in [0, 0.05) is 19.6 Å². The predicted molar refractivity (Wildman–Crippen MR) is 81.3 cm³/mol. The minimum absolute atomic E-state index is 0.138. The van der Waals surface area contributed by atoms with Crippen LogP contribution in [0.25, 0.3) is 10.8 Å². The first-order valence-electron chi connectivity index (χ1n) is 7.15. The van der Waals surface area contributed by atoms with Crippen molar-refractivity contribution in [3.8, 4) is 0 Å². The second kappa shape index (κ2) is 6.33. The molecule has 3 rings (SSSR count). The molecule has 1 saturated heterocycles. The lowest BCUT2D eigenvalue weighted by Gasteiger charge is -2.31. The number of hydrazine groups is 1. The van der Waals surface area contributed by atoms with Gasteiger partial charge in [-0.2, -0.15) is 0 Å². The zero-order chi connectivity index (χ0) is 13.8. The van der Waals surface area contributed by atoms with Gasteiger partial charge >= 0.3 is 0 Å². The molecule has 0 aromatic heterocycles. The van der Waals surface area contributed by atoms with Crippen molar-refractivity contribution in [1.82, 2.24) is 10.4 Å². The Hall–Kier alpha value is -1.46. The largest absolute Gasteiger partial charge is 0.379 e. The highest BCUT2D eigenvalue weighted by atomic mass is 16.5. The summed E-state index contributed by atoms with van der Waals surface area (Å²) in [7, 11) is 0. The second-order valence-electron chi connectivity index (χ2n) is 5.09. The van der Waals surface area contributed by atoms with Crippen molar-refractivity contribution < 1.29 is 4.74 Å². The molecule has 0 bridgehead atoms. The van der Waals surface area contributed by atoms with Crippen molar-refractivity contribution in [3.05, 3.63) is 48.0 Å². The normalized spacial score (nSPS) is 18.2. The van der Waals surface area contributed by atoms with Crippen LogP contribution >= 0.6 is 0 Å². The van der Waals surface area contributed by atoms with Crippen molar-refractivity contribution in [2.24, 2.45) is 5.73 Å². The maximum absolute atomic E-state index is 5.99. The van der Waals surface area contributed by atoms with Gasteiger partial charge in [-0.15, -0.1) is 0 Å². The maximum Gasteiger partial charge on any atom is 0.0608 e. The number of nitrogens with zero attached hydrogens (tertiary/aromatic N) is 1. The molecule has 1 aliphatic rings. The highest BCUT2D eigenvalue weighted by Crippen LogP contribution is 2.24. The molecule has 3 N–H and O–H groups in total. The van der Waals surface area contributed by atoms with Crippen LogP contribution in [0.4, 0.5) is 0 Å². The predicted octanol–water partition coefficient (Wildman–Crippen LogP) is 1.68. The topological polar surface area (TPSA) is 50.5 Å². The average Bonchev–Trinajstić information content (AvgIpc) is 2.53. The number of hydrogen-bond donors (Lipinski definition) is 2. The van der Waals surface area contributed by atoms with E-state index in [0.29, 0.717) is 6.54 Å². The van der Waals surface area contributed by atoms with E-state index < -0.39 is 0 Å². The number of fused-ring (bicyclic) bond motifs is 1. The van der Waals surface area contributed by atoms with Gasteiger partial charge in [-0.25, -0.2) is 10.4 Å². The van der Waals surface area contributed by atoms with Gasteiger partial charge in [-0.05, 0) is 16.3 Å². The number of nitrogens with one attached hydrogen (secondary N) is 1.